The highest BCUT2D eigenvalue weighted by Crippen LogP contribution is 2.25. The van der Waals surface area contributed by atoms with E-state index in [9.17, 15) is 9.59 Å². The number of fused-ring (bicyclic) bond motifs is 1. The summed E-state index contributed by atoms with van der Waals surface area (Å²) in [5, 5.41) is 3.24. The molecule has 7 heteroatoms. The van der Waals surface area contributed by atoms with Gasteiger partial charge in [0.1, 0.15) is 12.6 Å². The lowest BCUT2D eigenvalue weighted by Crippen LogP contribution is -2.48. The predicted octanol–water partition coefficient (Wildman–Crippen LogP) is 4.01. The zero-order valence-electron chi connectivity index (χ0n) is 20.1. The topological polar surface area (TPSA) is 76.5 Å². The molecule has 1 N–H and O–H groups in total. The van der Waals surface area contributed by atoms with Crippen LogP contribution in [0.25, 0.3) is 11.0 Å². The lowest BCUT2D eigenvalue weighted by atomic mass is 9.94. The van der Waals surface area contributed by atoms with E-state index in [1.54, 1.807) is 18.3 Å². The zero-order valence-corrected chi connectivity index (χ0v) is 20.1. The Hall–Kier alpha value is -3.19. The van der Waals surface area contributed by atoms with Gasteiger partial charge in [0.05, 0.1) is 24.0 Å². The monoisotopic (exact) mass is 462 g/mol. The third-order valence-corrected chi connectivity index (χ3v) is 6.59. The first-order valence-corrected chi connectivity index (χ1v) is 12.1. The summed E-state index contributed by atoms with van der Waals surface area (Å²) in [5.74, 6) is -0.278. The molecular formula is C27H34N4O3. The number of aromatic nitrogens is 2. The summed E-state index contributed by atoms with van der Waals surface area (Å²) < 4.78 is 7.15. The second kappa shape index (κ2) is 11.3. The molecular weight excluding hydrogens is 428 g/mol. The van der Waals surface area contributed by atoms with Crippen molar-refractivity contribution in [2.24, 2.45) is 0 Å². The summed E-state index contributed by atoms with van der Waals surface area (Å²) in [7, 11) is 1.61. The molecule has 0 saturated heterocycles. The van der Waals surface area contributed by atoms with Crippen molar-refractivity contribution >= 4 is 22.8 Å². The summed E-state index contributed by atoms with van der Waals surface area (Å²) in [6.07, 6.45) is 7.12. The van der Waals surface area contributed by atoms with Crippen LogP contribution in [0, 0.1) is 6.92 Å². The van der Waals surface area contributed by atoms with Crippen LogP contribution in [0.1, 0.15) is 49.3 Å². The highest BCUT2D eigenvalue weighted by Gasteiger charge is 2.33. The van der Waals surface area contributed by atoms with Crippen LogP contribution < -0.4 is 5.32 Å². The Morgan fingerprint density at radius 3 is 2.59 bits per heavy atom. The van der Waals surface area contributed by atoms with E-state index in [0.717, 1.165) is 47.8 Å². The average Bonchev–Trinajstić information content (AvgIpc) is 3.26. The Labute approximate surface area is 201 Å². The largest absolute Gasteiger partial charge is 0.383 e. The Morgan fingerprint density at radius 1 is 1.12 bits per heavy atom. The van der Waals surface area contributed by atoms with Crippen molar-refractivity contribution in [1.29, 1.82) is 0 Å². The van der Waals surface area contributed by atoms with Gasteiger partial charge in [0.25, 0.3) is 0 Å². The Morgan fingerprint density at radius 2 is 1.85 bits per heavy atom. The van der Waals surface area contributed by atoms with Gasteiger partial charge in [0, 0.05) is 19.7 Å². The molecule has 1 saturated carbocycles. The predicted molar refractivity (Wildman–Crippen MR) is 132 cm³/mol. The van der Waals surface area contributed by atoms with E-state index in [1.165, 1.54) is 6.42 Å². The third kappa shape index (κ3) is 5.65. The molecule has 180 valence electrons. The highest BCUT2D eigenvalue weighted by atomic mass is 16.5. The van der Waals surface area contributed by atoms with E-state index in [0.29, 0.717) is 13.2 Å². The van der Waals surface area contributed by atoms with Crippen molar-refractivity contribution in [2.45, 2.75) is 57.7 Å². The SMILES string of the molecule is COCCN(C(=O)Cn1cnc2ccccc21)C(C(=O)NC1CCCCC1)c1ccc(C)cc1. The van der Waals surface area contributed by atoms with Gasteiger partial charge in [-0.1, -0.05) is 61.2 Å². The number of hydrogen-bond donors (Lipinski definition) is 1. The van der Waals surface area contributed by atoms with Crippen LogP contribution in [-0.2, 0) is 20.9 Å². The van der Waals surface area contributed by atoms with E-state index >= 15 is 0 Å². The van der Waals surface area contributed by atoms with Crippen molar-refractivity contribution in [3.63, 3.8) is 0 Å². The number of benzene rings is 2. The maximum atomic E-state index is 13.7. The number of aryl methyl sites for hydroxylation is 1. The Bertz CT molecular complexity index is 1100. The van der Waals surface area contributed by atoms with E-state index < -0.39 is 6.04 Å². The number of nitrogens with zero attached hydrogens (tertiary/aromatic N) is 3. The lowest BCUT2D eigenvalue weighted by Gasteiger charge is -2.33. The number of nitrogens with one attached hydrogen (secondary N) is 1. The quantitative estimate of drug-likeness (QED) is 0.521. The van der Waals surface area contributed by atoms with E-state index in [4.69, 9.17) is 4.74 Å². The molecule has 0 aliphatic heterocycles. The molecule has 2 amide bonds. The Balaban J connectivity index is 1.63. The zero-order chi connectivity index (χ0) is 23.9. The molecule has 1 aliphatic rings. The summed E-state index contributed by atoms with van der Waals surface area (Å²) in [6, 6.07) is 15.0. The highest BCUT2D eigenvalue weighted by molar-refractivity contribution is 5.89. The van der Waals surface area contributed by atoms with Crippen LogP contribution in [0.4, 0.5) is 0 Å². The van der Waals surface area contributed by atoms with Crippen LogP contribution >= 0.6 is 0 Å². The number of hydrogen-bond acceptors (Lipinski definition) is 4. The van der Waals surface area contributed by atoms with Gasteiger partial charge in [0.2, 0.25) is 11.8 Å². The van der Waals surface area contributed by atoms with Crippen molar-refractivity contribution < 1.29 is 14.3 Å². The molecule has 0 spiro atoms. The summed E-state index contributed by atoms with van der Waals surface area (Å²) in [4.78, 5) is 33.4. The van der Waals surface area contributed by atoms with Gasteiger partial charge in [-0.05, 0) is 37.5 Å². The summed E-state index contributed by atoms with van der Waals surface area (Å²) in [6.45, 7) is 2.77. The summed E-state index contributed by atoms with van der Waals surface area (Å²) >= 11 is 0. The minimum absolute atomic E-state index is 0.100. The molecule has 4 rings (SSSR count). The average molecular weight is 463 g/mol. The van der Waals surface area contributed by atoms with Crippen molar-refractivity contribution in [3.8, 4) is 0 Å². The van der Waals surface area contributed by atoms with E-state index in [2.05, 4.69) is 10.3 Å². The molecule has 1 atom stereocenters. The van der Waals surface area contributed by atoms with Crippen LogP contribution in [0.2, 0.25) is 0 Å². The van der Waals surface area contributed by atoms with E-state index in [1.807, 2.05) is 60.0 Å². The second-order valence-electron chi connectivity index (χ2n) is 9.10. The first-order chi connectivity index (χ1) is 16.6. The van der Waals surface area contributed by atoms with Gasteiger partial charge < -0.3 is 19.5 Å². The number of methoxy groups -OCH3 is 1. The minimum atomic E-state index is -0.722. The number of carbonyl (C=O) groups excluding carboxylic acids is 2. The number of imidazole rings is 1. The molecule has 1 unspecified atom stereocenters. The molecule has 7 nitrogen and oxygen atoms in total. The number of amides is 2. The standard InChI is InChI=1S/C27H34N4O3/c1-20-12-14-21(15-13-20)26(27(33)29-22-8-4-3-5-9-22)31(16-17-34-2)25(32)18-30-19-28-23-10-6-7-11-24(23)30/h6-7,10-15,19,22,26H,3-5,8-9,16-18H2,1-2H3,(H,29,33). The van der Waals surface area contributed by atoms with Gasteiger partial charge >= 0.3 is 0 Å². The smallest absolute Gasteiger partial charge is 0.247 e. The number of para-hydroxylation sites is 2. The molecule has 1 aromatic heterocycles. The number of carbonyl (C=O) groups is 2. The molecule has 2 aromatic carbocycles. The van der Waals surface area contributed by atoms with Crippen LogP contribution in [0.5, 0.6) is 0 Å². The normalized spacial score (nSPS) is 15.2. The molecule has 3 aromatic rings. The van der Waals surface area contributed by atoms with Crippen molar-refractivity contribution in [2.75, 3.05) is 20.3 Å². The number of rotatable bonds is 9. The first kappa shape index (κ1) is 24.0. The summed E-state index contributed by atoms with van der Waals surface area (Å²) in [5.41, 5.74) is 3.64. The van der Waals surface area contributed by atoms with Crippen LogP contribution in [0.3, 0.4) is 0 Å². The lowest BCUT2D eigenvalue weighted by molar-refractivity contribution is -0.142. The molecule has 1 aliphatic carbocycles. The molecule has 34 heavy (non-hydrogen) atoms. The van der Waals surface area contributed by atoms with Gasteiger partial charge in [-0.3, -0.25) is 9.59 Å². The molecule has 0 radical (unpaired) electrons. The van der Waals surface area contributed by atoms with Crippen LogP contribution in [0.15, 0.2) is 54.9 Å². The van der Waals surface area contributed by atoms with Gasteiger partial charge in [-0.2, -0.15) is 0 Å². The maximum Gasteiger partial charge on any atom is 0.247 e. The minimum Gasteiger partial charge on any atom is -0.383 e. The molecule has 1 fully saturated rings. The van der Waals surface area contributed by atoms with Crippen molar-refractivity contribution in [3.05, 3.63) is 66.0 Å². The first-order valence-electron chi connectivity index (χ1n) is 12.1. The van der Waals surface area contributed by atoms with Gasteiger partial charge in [0.15, 0.2) is 0 Å². The third-order valence-electron chi connectivity index (χ3n) is 6.59. The fourth-order valence-corrected chi connectivity index (χ4v) is 4.71. The van der Waals surface area contributed by atoms with Gasteiger partial charge in [-0.15, -0.1) is 0 Å². The fraction of sp³-hybridized carbons (Fsp3) is 0.444. The molecule has 0 bridgehead atoms. The van der Waals surface area contributed by atoms with Crippen molar-refractivity contribution in [1.82, 2.24) is 19.8 Å². The number of ether oxygens (including phenoxy) is 1. The van der Waals surface area contributed by atoms with Crippen LogP contribution in [-0.4, -0.2) is 52.6 Å². The van der Waals surface area contributed by atoms with Gasteiger partial charge in [-0.25, -0.2) is 4.98 Å². The Kier molecular flexibility index (Phi) is 7.95. The molecule has 1 heterocycles. The fourth-order valence-electron chi connectivity index (χ4n) is 4.71. The van der Waals surface area contributed by atoms with E-state index in [-0.39, 0.29) is 24.4 Å². The maximum absolute atomic E-state index is 13.7. The second-order valence-corrected chi connectivity index (χ2v) is 9.10.